The Hall–Kier alpha value is -8.24. The molecule has 0 N–H and O–H groups in total. The summed E-state index contributed by atoms with van der Waals surface area (Å²) in [6.07, 6.45) is 0. The zero-order valence-corrected chi connectivity index (χ0v) is 36.9. The number of rotatable bonds is 8. The molecule has 11 aromatic rings. The second-order valence-corrected chi connectivity index (χ2v) is 18.3. The predicted octanol–water partition coefficient (Wildman–Crippen LogP) is 17.5. The van der Waals surface area contributed by atoms with Gasteiger partial charge in [0.2, 0.25) is 0 Å². The maximum atomic E-state index is 2.51. The number of nitrogens with zero attached hydrogens (tertiary/aromatic N) is 2. The van der Waals surface area contributed by atoms with Crippen molar-refractivity contribution in [1.82, 2.24) is 0 Å². The first kappa shape index (κ1) is 38.2. The van der Waals surface area contributed by atoms with Crippen LogP contribution in [0.1, 0.15) is 22.3 Å². The first-order chi connectivity index (χ1) is 32.7. The SMILES string of the molecule is c1ccc(N(c2ccccc2)c2ccc(-c3ccc4c(c3)C3(c5ccccc5-4)c4cc(-c5ccc(N(c6ccccc6)c6ccccc6)cc5)ccc4-c4sc5ccccc5c43)cc2)cc1. The fourth-order valence-corrected chi connectivity index (χ4v) is 12.1. The Morgan fingerprint density at radius 1 is 0.288 bits per heavy atom. The number of hydrogen-bond donors (Lipinski definition) is 0. The zero-order chi connectivity index (χ0) is 43.6. The first-order valence-electron chi connectivity index (χ1n) is 22.7. The maximum Gasteiger partial charge on any atom is 0.0740 e. The summed E-state index contributed by atoms with van der Waals surface area (Å²) in [7, 11) is 0. The third-order valence-electron chi connectivity index (χ3n) is 13.7. The van der Waals surface area contributed by atoms with E-state index in [0.717, 1.165) is 34.1 Å². The second kappa shape index (κ2) is 15.5. The van der Waals surface area contributed by atoms with E-state index in [1.54, 1.807) is 0 Å². The molecule has 2 aliphatic rings. The number of hydrogen-bond acceptors (Lipinski definition) is 3. The molecule has 0 aliphatic heterocycles. The van der Waals surface area contributed by atoms with Crippen LogP contribution in [0.15, 0.2) is 255 Å². The third-order valence-corrected chi connectivity index (χ3v) is 14.9. The molecule has 3 heteroatoms. The van der Waals surface area contributed by atoms with E-state index in [4.69, 9.17) is 0 Å². The first-order valence-corrected chi connectivity index (χ1v) is 23.5. The summed E-state index contributed by atoms with van der Waals surface area (Å²) in [5.74, 6) is 0. The predicted molar refractivity (Wildman–Crippen MR) is 278 cm³/mol. The molecule has 0 radical (unpaired) electrons. The molecule has 0 bridgehead atoms. The molecule has 1 unspecified atom stereocenters. The third kappa shape index (κ3) is 5.94. The molecular weight excluding hydrogens is 817 g/mol. The van der Waals surface area contributed by atoms with Gasteiger partial charge in [-0.2, -0.15) is 0 Å². The van der Waals surface area contributed by atoms with E-state index in [0.29, 0.717) is 0 Å². The number of para-hydroxylation sites is 4. The molecule has 1 heterocycles. The monoisotopic (exact) mass is 858 g/mol. The van der Waals surface area contributed by atoms with Gasteiger partial charge in [-0.15, -0.1) is 11.3 Å². The fraction of sp³-hybridized carbons (Fsp3) is 0.0159. The molecule has 1 aromatic heterocycles. The van der Waals surface area contributed by atoms with Gasteiger partial charge in [-0.1, -0.05) is 164 Å². The Balaban J connectivity index is 0.961. The van der Waals surface area contributed by atoms with Gasteiger partial charge in [-0.3, -0.25) is 0 Å². The van der Waals surface area contributed by atoms with Crippen LogP contribution in [0, 0.1) is 0 Å². The minimum absolute atomic E-state index is 0.503. The van der Waals surface area contributed by atoms with Crippen LogP contribution in [0.2, 0.25) is 0 Å². The molecular formula is C63H42N2S. The van der Waals surface area contributed by atoms with Gasteiger partial charge in [0.1, 0.15) is 0 Å². The van der Waals surface area contributed by atoms with E-state index in [2.05, 4.69) is 265 Å². The van der Waals surface area contributed by atoms with Crippen LogP contribution < -0.4 is 9.80 Å². The summed E-state index contributed by atoms with van der Waals surface area (Å²) in [5, 5.41) is 1.33. The lowest BCUT2D eigenvalue weighted by atomic mass is 9.69. The Morgan fingerprint density at radius 3 is 1.18 bits per heavy atom. The summed E-state index contributed by atoms with van der Waals surface area (Å²) in [4.78, 5) is 6.02. The van der Waals surface area contributed by atoms with Gasteiger partial charge in [0.25, 0.3) is 0 Å². The summed E-state index contributed by atoms with van der Waals surface area (Å²) in [6, 6.07) is 93.4. The van der Waals surface area contributed by atoms with E-state index in [1.165, 1.54) is 76.2 Å². The average Bonchev–Trinajstić information content (AvgIpc) is 4.01. The van der Waals surface area contributed by atoms with Gasteiger partial charge < -0.3 is 9.80 Å². The molecule has 0 saturated heterocycles. The second-order valence-electron chi connectivity index (χ2n) is 17.2. The molecule has 66 heavy (non-hydrogen) atoms. The van der Waals surface area contributed by atoms with Gasteiger partial charge in [-0.05, 0) is 158 Å². The van der Waals surface area contributed by atoms with Crippen molar-refractivity contribution in [2.75, 3.05) is 9.80 Å². The van der Waals surface area contributed by atoms with E-state index >= 15 is 0 Å². The Labute approximate surface area is 389 Å². The van der Waals surface area contributed by atoms with E-state index in [-0.39, 0.29) is 0 Å². The molecule has 1 atom stereocenters. The highest BCUT2D eigenvalue weighted by Gasteiger charge is 2.53. The minimum atomic E-state index is -0.503. The van der Waals surface area contributed by atoms with Gasteiger partial charge in [0.05, 0.1) is 5.41 Å². The van der Waals surface area contributed by atoms with Crippen LogP contribution in [-0.4, -0.2) is 0 Å². The van der Waals surface area contributed by atoms with Crippen molar-refractivity contribution in [3.8, 4) is 43.8 Å². The van der Waals surface area contributed by atoms with E-state index in [1.807, 2.05) is 11.3 Å². The fourth-order valence-electron chi connectivity index (χ4n) is 10.8. The van der Waals surface area contributed by atoms with Gasteiger partial charge in [0, 0.05) is 43.7 Å². The molecule has 13 rings (SSSR count). The summed E-state index contributed by atoms with van der Waals surface area (Å²) in [5.41, 5.74) is 20.5. The van der Waals surface area contributed by atoms with Crippen LogP contribution in [-0.2, 0) is 5.41 Å². The Bertz CT molecular complexity index is 3490. The van der Waals surface area contributed by atoms with Gasteiger partial charge in [0.15, 0.2) is 0 Å². The highest BCUT2D eigenvalue weighted by Crippen LogP contribution is 2.66. The molecule has 10 aromatic carbocycles. The molecule has 0 saturated carbocycles. The van der Waals surface area contributed by atoms with E-state index in [9.17, 15) is 0 Å². The lowest BCUT2D eigenvalue weighted by Crippen LogP contribution is -2.26. The quantitative estimate of drug-likeness (QED) is 0.150. The van der Waals surface area contributed by atoms with Crippen molar-refractivity contribution in [3.63, 3.8) is 0 Å². The maximum absolute atomic E-state index is 2.51. The molecule has 2 nitrogen and oxygen atoms in total. The number of fused-ring (bicyclic) bond motifs is 12. The van der Waals surface area contributed by atoms with Crippen LogP contribution in [0.3, 0.4) is 0 Å². The van der Waals surface area contributed by atoms with Crippen molar-refractivity contribution < 1.29 is 0 Å². The van der Waals surface area contributed by atoms with Gasteiger partial charge >= 0.3 is 0 Å². The summed E-state index contributed by atoms with van der Waals surface area (Å²) in [6.45, 7) is 0. The van der Waals surface area contributed by atoms with Crippen LogP contribution in [0.4, 0.5) is 34.1 Å². The van der Waals surface area contributed by atoms with Crippen molar-refractivity contribution in [2.24, 2.45) is 0 Å². The Morgan fingerprint density at radius 2 is 0.667 bits per heavy atom. The van der Waals surface area contributed by atoms with Crippen molar-refractivity contribution in [3.05, 3.63) is 277 Å². The highest BCUT2D eigenvalue weighted by molar-refractivity contribution is 7.22. The van der Waals surface area contributed by atoms with Crippen molar-refractivity contribution in [1.29, 1.82) is 0 Å². The highest BCUT2D eigenvalue weighted by atomic mass is 32.1. The van der Waals surface area contributed by atoms with Crippen molar-refractivity contribution >= 4 is 55.5 Å². The number of thiophene rings is 1. The van der Waals surface area contributed by atoms with E-state index < -0.39 is 5.41 Å². The topological polar surface area (TPSA) is 6.48 Å². The molecule has 1 spiro atoms. The lowest BCUT2D eigenvalue weighted by Gasteiger charge is -2.31. The lowest BCUT2D eigenvalue weighted by molar-refractivity contribution is 0.803. The average molecular weight is 859 g/mol. The van der Waals surface area contributed by atoms with Crippen LogP contribution >= 0.6 is 11.3 Å². The van der Waals surface area contributed by atoms with Gasteiger partial charge in [-0.25, -0.2) is 0 Å². The smallest absolute Gasteiger partial charge is 0.0740 e. The Kier molecular flexibility index (Phi) is 8.97. The zero-order valence-electron chi connectivity index (χ0n) is 36.1. The van der Waals surface area contributed by atoms with Crippen LogP contribution in [0.25, 0.3) is 53.9 Å². The molecule has 2 aliphatic carbocycles. The van der Waals surface area contributed by atoms with Crippen LogP contribution in [0.5, 0.6) is 0 Å². The molecule has 0 amide bonds. The standard InChI is InChI=1S/C63H42N2S/c1-5-17-47(18-6-1)64(48-19-7-2-8-20-48)51-35-29-43(30-36-51)45-33-39-54-53-25-13-15-27-57(53)63(58(54)41-45)59-42-46(34-40-55(59)62-61(63)56-26-14-16-28-60(56)66-62)44-31-37-52(38-32-44)65(49-21-9-3-10-22-49)50-23-11-4-12-24-50/h1-42H. The summed E-state index contributed by atoms with van der Waals surface area (Å²) >= 11 is 1.93. The normalized spacial score (nSPS) is 14.1. The van der Waals surface area contributed by atoms with Crippen molar-refractivity contribution in [2.45, 2.75) is 5.41 Å². The number of anilines is 6. The minimum Gasteiger partial charge on any atom is -0.311 e. The summed E-state index contributed by atoms with van der Waals surface area (Å²) < 4.78 is 1.33. The number of benzene rings is 10. The molecule has 0 fully saturated rings. The largest absolute Gasteiger partial charge is 0.311 e. The molecule has 310 valence electrons.